The Morgan fingerprint density at radius 1 is 0.958 bits per heavy atom. The van der Waals surface area contributed by atoms with E-state index in [1.54, 1.807) is 36.4 Å². The Labute approximate surface area is 139 Å². The normalized spacial score (nSPS) is 19.2. The summed E-state index contributed by atoms with van der Waals surface area (Å²) in [7, 11) is 4.57. The molecule has 0 aromatic heterocycles. The number of hydrogen-bond acceptors (Lipinski definition) is 6. The van der Waals surface area contributed by atoms with Crippen LogP contribution in [0.5, 0.6) is 23.0 Å². The number of Topliss-reactive ketones (excluding diaryl/α,β-unsaturated/α-hetero) is 1. The van der Waals surface area contributed by atoms with Crippen molar-refractivity contribution >= 4 is 5.78 Å². The molecule has 1 N–H and O–H groups in total. The van der Waals surface area contributed by atoms with E-state index in [0.29, 0.717) is 34.1 Å². The number of rotatable bonds is 4. The maximum absolute atomic E-state index is 12.5. The zero-order valence-corrected chi connectivity index (χ0v) is 13.6. The van der Waals surface area contributed by atoms with Crippen LogP contribution in [0.3, 0.4) is 0 Å². The van der Waals surface area contributed by atoms with E-state index in [1.807, 2.05) is 0 Å². The van der Waals surface area contributed by atoms with Crippen molar-refractivity contribution < 1.29 is 28.8 Å². The molecule has 126 valence electrons. The first-order chi connectivity index (χ1) is 11.6. The maximum Gasteiger partial charge on any atom is 0.199 e. The van der Waals surface area contributed by atoms with E-state index in [1.165, 1.54) is 21.3 Å². The second-order valence-corrected chi connectivity index (χ2v) is 5.32. The third-order valence-corrected chi connectivity index (χ3v) is 4.00. The summed E-state index contributed by atoms with van der Waals surface area (Å²) in [5.74, 6) is 1.59. The van der Waals surface area contributed by atoms with Crippen LogP contribution in [0.15, 0.2) is 36.4 Å². The number of fused-ring (bicyclic) bond motifs is 1. The van der Waals surface area contributed by atoms with Crippen molar-refractivity contribution in [1.29, 1.82) is 0 Å². The molecule has 0 bridgehead atoms. The molecule has 2 unspecified atom stereocenters. The number of benzene rings is 2. The first-order valence-electron chi connectivity index (χ1n) is 7.38. The first-order valence-corrected chi connectivity index (χ1v) is 7.38. The maximum atomic E-state index is 12.5. The van der Waals surface area contributed by atoms with E-state index in [4.69, 9.17) is 18.9 Å². The van der Waals surface area contributed by atoms with Gasteiger partial charge < -0.3 is 24.1 Å². The molecular weight excluding hydrogens is 312 g/mol. The zero-order chi connectivity index (χ0) is 17.3. The summed E-state index contributed by atoms with van der Waals surface area (Å²) >= 11 is 0. The minimum absolute atomic E-state index is 0.304. The van der Waals surface area contributed by atoms with Gasteiger partial charge in [-0.25, -0.2) is 0 Å². The molecule has 2 atom stereocenters. The minimum Gasteiger partial charge on any atom is -0.497 e. The predicted octanol–water partition coefficient (Wildman–Crippen LogP) is 2.39. The van der Waals surface area contributed by atoms with Crippen molar-refractivity contribution in [2.75, 3.05) is 21.3 Å². The van der Waals surface area contributed by atoms with Gasteiger partial charge in [0, 0.05) is 0 Å². The van der Waals surface area contributed by atoms with Crippen LogP contribution in [0.2, 0.25) is 0 Å². The number of hydrogen-bond donors (Lipinski definition) is 1. The summed E-state index contributed by atoms with van der Waals surface area (Å²) in [6, 6.07) is 10.1. The molecule has 0 fully saturated rings. The van der Waals surface area contributed by atoms with Crippen molar-refractivity contribution in [2.24, 2.45) is 0 Å². The van der Waals surface area contributed by atoms with E-state index >= 15 is 0 Å². The van der Waals surface area contributed by atoms with Crippen LogP contribution in [0.25, 0.3) is 0 Å². The molecule has 1 aliphatic rings. The number of aliphatic hydroxyl groups is 1. The average molecular weight is 330 g/mol. The summed E-state index contributed by atoms with van der Waals surface area (Å²) in [5.41, 5.74) is 0.925. The Kier molecular flexibility index (Phi) is 4.31. The Morgan fingerprint density at radius 2 is 1.71 bits per heavy atom. The molecule has 6 heteroatoms. The van der Waals surface area contributed by atoms with Crippen LogP contribution in [-0.2, 0) is 0 Å². The molecule has 0 radical (unpaired) electrons. The Bertz CT molecular complexity index is 770. The lowest BCUT2D eigenvalue weighted by atomic mass is 9.93. The smallest absolute Gasteiger partial charge is 0.199 e. The van der Waals surface area contributed by atoms with E-state index in [-0.39, 0.29) is 0 Å². The van der Waals surface area contributed by atoms with Crippen LogP contribution in [0, 0.1) is 0 Å². The first kappa shape index (κ1) is 16.1. The summed E-state index contributed by atoms with van der Waals surface area (Å²) in [6.45, 7) is 0. The van der Waals surface area contributed by atoms with Crippen LogP contribution < -0.4 is 18.9 Å². The molecule has 0 amide bonds. The molecule has 24 heavy (non-hydrogen) atoms. The molecule has 3 rings (SSSR count). The lowest BCUT2D eigenvalue weighted by Gasteiger charge is -2.30. The molecule has 2 aromatic carbocycles. The number of carbonyl (C=O) groups is 1. The van der Waals surface area contributed by atoms with Gasteiger partial charge in [0.2, 0.25) is 0 Å². The van der Waals surface area contributed by atoms with Gasteiger partial charge in [0.1, 0.15) is 11.5 Å². The quantitative estimate of drug-likeness (QED) is 0.928. The number of ketones is 1. The molecule has 6 nitrogen and oxygen atoms in total. The van der Waals surface area contributed by atoms with Crippen molar-refractivity contribution in [2.45, 2.75) is 12.2 Å². The van der Waals surface area contributed by atoms with E-state index in [2.05, 4.69) is 0 Å². The van der Waals surface area contributed by atoms with Gasteiger partial charge in [0.15, 0.2) is 29.5 Å². The minimum atomic E-state index is -1.32. The van der Waals surface area contributed by atoms with Gasteiger partial charge in [0.25, 0.3) is 0 Å². The number of ether oxygens (including phenoxy) is 4. The molecule has 0 saturated heterocycles. The van der Waals surface area contributed by atoms with Gasteiger partial charge in [-0.3, -0.25) is 4.79 Å². The second-order valence-electron chi connectivity index (χ2n) is 5.32. The van der Waals surface area contributed by atoms with Crippen molar-refractivity contribution in [3.05, 3.63) is 47.5 Å². The van der Waals surface area contributed by atoms with Gasteiger partial charge >= 0.3 is 0 Å². The predicted molar refractivity (Wildman–Crippen MR) is 86.2 cm³/mol. The van der Waals surface area contributed by atoms with E-state index in [9.17, 15) is 9.90 Å². The average Bonchev–Trinajstić information content (AvgIpc) is 2.63. The van der Waals surface area contributed by atoms with Crippen molar-refractivity contribution in [1.82, 2.24) is 0 Å². The van der Waals surface area contributed by atoms with Gasteiger partial charge in [0.05, 0.1) is 26.9 Å². The second kappa shape index (κ2) is 6.41. The number of carbonyl (C=O) groups excluding carboxylic acids is 1. The Balaban J connectivity index is 1.99. The molecule has 0 saturated carbocycles. The lowest BCUT2D eigenvalue weighted by Crippen LogP contribution is -2.36. The molecule has 1 heterocycles. The lowest BCUT2D eigenvalue weighted by molar-refractivity contribution is 0.0215. The van der Waals surface area contributed by atoms with Crippen LogP contribution in [0.4, 0.5) is 0 Å². The molecule has 0 spiro atoms. The van der Waals surface area contributed by atoms with Gasteiger partial charge in [-0.05, 0) is 35.9 Å². The third kappa shape index (κ3) is 2.65. The standard InChI is InChI=1S/C18H18O6/c1-21-11-5-7-13-12(9-11)16(19)17(20)18(24-13)10-4-6-14(22-2)15(8-10)23-3/h4-9,17-18,20H,1-3H3. The fraction of sp³-hybridized carbons (Fsp3) is 0.278. The molecular formula is C18H18O6. The van der Waals surface area contributed by atoms with Crippen molar-refractivity contribution in [3.63, 3.8) is 0 Å². The number of methoxy groups -OCH3 is 3. The van der Waals surface area contributed by atoms with Crippen molar-refractivity contribution in [3.8, 4) is 23.0 Å². The highest BCUT2D eigenvalue weighted by Crippen LogP contribution is 2.39. The number of aliphatic hydroxyl groups excluding tert-OH is 1. The fourth-order valence-corrected chi connectivity index (χ4v) is 2.71. The van der Waals surface area contributed by atoms with Crippen LogP contribution in [0.1, 0.15) is 22.0 Å². The van der Waals surface area contributed by atoms with Crippen LogP contribution in [-0.4, -0.2) is 38.3 Å². The monoisotopic (exact) mass is 330 g/mol. The Hall–Kier alpha value is -2.73. The van der Waals surface area contributed by atoms with Gasteiger partial charge in [-0.1, -0.05) is 6.07 Å². The summed E-state index contributed by atoms with van der Waals surface area (Å²) in [4.78, 5) is 12.5. The highest BCUT2D eigenvalue weighted by Gasteiger charge is 2.37. The fourth-order valence-electron chi connectivity index (χ4n) is 2.71. The van der Waals surface area contributed by atoms with Crippen LogP contribution >= 0.6 is 0 Å². The topological polar surface area (TPSA) is 74.2 Å². The summed E-state index contributed by atoms with van der Waals surface area (Å²) < 4.78 is 21.4. The third-order valence-electron chi connectivity index (χ3n) is 4.00. The zero-order valence-electron chi connectivity index (χ0n) is 13.6. The summed E-state index contributed by atoms with van der Waals surface area (Å²) in [5, 5.41) is 10.4. The highest BCUT2D eigenvalue weighted by atomic mass is 16.5. The highest BCUT2D eigenvalue weighted by molar-refractivity contribution is 6.03. The van der Waals surface area contributed by atoms with E-state index in [0.717, 1.165) is 0 Å². The molecule has 0 aliphatic carbocycles. The molecule has 1 aliphatic heterocycles. The SMILES string of the molecule is COc1ccc2c(c1)C(=O)C(O)C(c1ccc(OC)c(OC)c1)O2. The molecule has 2 aromatic rings. The Morgan fingerprint density at radius 3 is 2.38 bits per heavy atom. The van der Waals surface area contributed by atoms with Gasteiger partial charge in [-0.15, -0.1) is 0 Å². The van der Waals surface area contributed by atoms with E-state index < -0.39 is 18.0 Å². The largest absolute Gasteiger partial charge is 0.497 e. The summed E-state index contributed by atoms with van der Waals surface area (Å²) in [6.07, 6.45) is -2.14. The van der Waals surface area contributed by atoms with Gasteiger partial charge in [-0.2, -0.15) is 0 Å².